The van der Waals surface area contributed by atoms with Crippen molar-refractivity contribution < 1.29 is 0 Å². The minimum Gasteiger partial charge on any atom is -0.316 e. The number of halogens is 2. The summed E-state index contributed by atoms with van der Waals surface area (Å²) in [5.41, 5.74) is 1.76. The number of nitrogens with one attached hydrogen (secondary N) is 1. The van der Waals surface area contributed by atoms with Crippen molar-refractivity contribution in [1.82, 2.24) is 5.32 Å². The van der Waals surface area contributed by atoms with Crippen LogP contribution in [0, 0.1) is 23.2 Å². The molecule has 0 radical (unpaired) electrons. The fraction of sp³-hybridized carbons (Fsp3) is 0.667. The molecule has 0 amide bonds. The van der Waals surface area contributed by atoms with Crippen LogP contribution >= 0.6 is 23.2 Å². The lowest BCUT2D eigenvalue weighted by molar-refractivity contribution is 0.245. The molecule has 1 aromatic carbocycles. The second-order valence-corrected chi connectivity index (χ2v) is 8.43. The number of benzene rings is 1. The summed E-state index contributed by atoms with van der Waals surface area (Å²) in [7, 11) is 0. The van der Waals surface area contributed by atoms with Gasteiger partial charge in [0.25, 0.3) is 0 Å². The Kier molecular flexibility index (Phi) is 4.55. The molecule has 2 atom stereocenters. The Morgan fingerprint density at radius 3 is 2.52 bits per heavy atom. The highest BCUT2D eigenvalue weighted by atomic mass is 35.5. The van der Waals surface area contributed by atoms with Crippen LogP contribution in [0.2, 0.25) is 10.0 Å². The first-order valence-electron chi connectivity index (χ1n) is 8.12. The maximum absolute atomic E-state index is 6.18. The Hall–Kier alpha value is -0.240. The Balaban J connectivity index is 1.68. The summed E-state index contributed by atoms with van der Waals surface area (Å²) >= 11 is 12.2. The lowest BCUT2D eigenvalue weighted by atomic mass is 9.77. The van der Waals surface area contributed by atoms with Gasteiger partial charge < -0.3 is 5.32 Å². The average molecular weight is 326 g/mol. The molecule has 0 heterocycles. The van der Waals surface area contributed by atoms with Gasteiger partial charge in [-0.2, -0.15) is 0 Å². The molecule has 2 saturated carbocycles. The molecular formula is C18H25Cl2N. The molecule has 1 nitrogen and oxygen atoms in total. The normalized spacial score (nSPS) is 30.7. The minimum absolute atomic E-state index is 0.430. The molecule has 1 N–H and O–H groups in total. The van der Waals surface area contributed by atoms with E-state index in [1.807, 2.05) is 6.07 Å². The van der Waals surface area contributed by atoms with Gasteiger partial charge in [-0.3, -0.25) is 0 Å². The fourth-order valence-electron chi connectivity index (χ4n) is 4.07. The van der Waals surface area contributed by atoms with E-state index >= 15 is 0 Å². The first-order chi connectivity index (χ1) is 9.97. The summed E-state index contributed by atoms with van der Waals surface area (Å²) in [6.45, 7) is 6.78. The van der Waals surface area contributed by atoms with Crippen molar-refractivity contribution >= 4 is 23.2 Å². The molecule has 2 aliphatic rings. The third-order valence-electron chi connectivity index (χ3n) is 5.08. The topological polar surface area (TPSA) is 12.0 Å². The van der Waals surface area contributed by atoms with E-state index in [0.29, 0.717) is 21.4 Å². The predicted molar refractivity (Wildman–Crippen MR) is 91.1 cm³/mol. The van der Waals surface area contributed by atoms with Crippen LogP contribution in [-0.4, -0.2) is 13.1 Å². The van der Waals surface area contributed by atoms with Crippen LogP contribution in [0.15, 0.2) is 18.2 Å². The van der Waals surface area contributed by atoms with Gasteiger partial charge in [-0.05, 0) is 73.1 Å². The van der Waals surface area contributed by atoms with E-state index in [-0.39, 0.29) is 0 Å². The summed E-state index contributed by atoms with van der Waals surface area (Å²) in [6, 6.07) is 6.13. The van der Waals surface area contributed by atoms with Crippen molar-refractivity contribution in [2.45, 2.75) is 39.5 Å². The predicted octanol–water partition coefficient (Wildman–Crippen LogP) is 5.20. The Bertz CT molecular complexity index is 502. The average Bonchev–Trinajstić information content (AvgIpc) is 3.02. The molecule has 21 heavy (non-hydrogen) atoms. The number of hydrogen-bond donors (Lipinski definition) is 1. The van der Waals surface area contributed by atoms with Crippen molar-refractivity contribution in [2.24, 2.45) is 23.2 Å². The lowest BCUT2D eigenvalue weighted by Gasteiger charge is -2.32. The van der Waals surface area contributed by atoms with Gasteiger partial charge in [0.05, 0.1) is 10.0 Å². The van der Waals surface area contributed by atoms with Crippen LogP contribution in [0.5, 0.6) is 0 Å². The monoisotopic (exact) mass is 325 g/mol. The van der Waals surface area contributed by atoms with Gasteiger partial charge in [-0.1, -0.05) is 43.1 Å². The van der Waals surface area contributed by atoms with E-state index in [2.05, 4.69) is 31.3 Å². The Morgan fingerprint density at radius 2 is 1.90 bits per heavy atom. The highest BCUT2D eigenvalue weighted by Crippen LogP contribution is 2.60. The third-order valence-corrected chi connectivity index (χ3v) is 5.81. The quantitative estimate of drug-likeness (QED) is 0.758. The molecule has 0 spiro atoms. The summed E-state index contributed by atoms with van der Waals surface area (Å²) in [5.74, 6) is 2.70. The van der Waals surface area contributed by atoms with Gasteiger partial charge >= 0.3 is 0 Å². The Morgan fingerprint density at radius 1 is 1.19 bits per heavy atom. The summed E-state index contributed by atoms with van der Waals surface area (Å²) in [6.07, 6.45) is 5.35. The lowest BCUT2D eigenvalue weighted by Crippen LogP contribution is -2.36. The summed E-state index contributed by atoms with van der Waals surface area (Å²) in [4.78, 5) is 0. The molecule has 2 fully saturated rings. The zero-order valence-electron chi connectivity index (χ0n) is 13.0. The second kappa shape index (κ2) is 6.10. The van der Waals surface area contributed by atoms with E-state index in [1.54, 1.807) is 0 Å². The third kappa shape index (κ3) is 3.75. The van der Waals surface area contributed by atoms with E-state index in [1.165, 1.54) is 24.8 Å². The number of rotatable bonds is 6. The zero-order chi connectivity index (χ0) is 15.0. The van der Waals surface area contributed by atoms with Gasteiger partial charge in [0.2, 0.25) is 0 Å². The molecule has 2 aliphatic carbocycles. The molecule has 0 aromatic heterocycles. The SMILES string of the molecule is CC(C)CNCC1(Cc2ccc(Cl)c(Cl)c2)CC2CC2C1. The summed E-state index contributed by atoms with van der Waals surface area (Å²) in [5, 5.41) is 5.03. The molecule has 3 rings (SSSR count). The van der Waals surface area contributed by atoms with Crippen molar-refractivity contribution in [3.05, 3.63) is 33.8 Å². The first-order valence-corrected chi connectivity index (χ1v) is 8.88. The number of hydrogen-bond acceptors (Lipinski definition) is 1. The Labute approximate surface area is 138 Å². The van der Waals surface area contributed by atoms with Crippen LogP contribution in [0.1, 0.15) is 38.7 Å². The molecule has 0 saturated heterocycles. The molecule has 116 valence electrons. The van der Waals surface area contributed by atoms with E-state index in [4.69, 9.17) is 23.2 Å². The smallest absolute Gasteiger partial charge is 0.0595 e. The van der Waals surface area contributed by atoms with E-state index < -0.39 is 0 Å². The van der Waals surface area contributed by atoms with Crippen LogP contribution < -0.4 is 5.32 Å². The molecule has 0 bridgehead atoms. The van der Waals surface area contributed by atoms with Crippen LogP contribution in [0.3, 0.4) is 0 Å². The van der Waals surface area contributed by atoms with Crippen LogP contribution in [-0.2, 0) is 6.42 Å². The maximum atomic E-state index is 6.18. The van der Waals surface area contributed by atoms with Gasteiger partial charge in [0.1, 0.15) is 0 Å². The second-order valence-electron chi connectivity index (χ2n) is 7.61. The molecule has 0 aliphatic heterocycles. The number of fused-ring (bicyclic) bond motifs is 1. The molecule has 3 heteroatoms. The van der Waals surface area contributed by atoms with Crippen molar-refractivity contribution in [1.29, 1.82) is 0 Å². The largest absolute Gasteiger partial charge is 0.316 e. The molecule has 2 unspecified atom stereocenters. The fourth-order valence-corrected chi connectivity index (χ4v) is 4.39. The van der Waals surface area contributed by atoms with Crippen LogP contribution in [0.4, 0.5) is 0 Å². The van der Waals surface area contributed by atoms with Gasteiger partial charge in [-0.15, -0.1) is 0 Å². The standard InChI is InChI=1S/C18H25Cl2N/c1-12(2)10-21-11-18(8-14-6-15(14)9-18)7-13-3-4-16(19)17(20)5-13/h3-5,12,14-15,21H,6-11H2,1-2H3. The minimum atomic E-state index is 0.430. The highest BCUT2D eigenvalue weighted by Gasteiger charge is 2.53. The van der Waals surface area contributed by atoms with Crippen molar-refractivity contribution in [3.8, 4) is 0 Å². The van der Waals surface area contributed by atoms with Crippen molar-refractivity contribution in [2.75, 3.05) is 13.1 Å². The van der Waals surface area contributed by atoms with Crippen LogP contribution in [0.25, 0.3) is 0 Å². The maximum Gasteiger partial charge on any atom is 0.0595 e. The molecular weight excluding hydrogens is 301 g/mol. The van der Waals surface area contributed by atoms with Gasteiger partial charge in [-0.25, -0.2) is 0 Å². The summed E-state index contributed by atoms with van der Waals surface area (Å²) < 4.78 is 0. The molecule has 1 aromatic rings. The highest BCUT2D eigenvalue weighted by molar-refractivity contribution is 6.42. The zero-order valence-corrected chi connectivity index (χ0v) is 14.5. The van der Waals surface area contributed by atoms with Gasteiger partial charge in [0, 0.05) is 6.54 Å². The first kappa shape index (κ1) is 15.6. The van der Waals surface area contributed by atoms with Gasteiger partial charge in [0.15, 0.2) is 0 Å². The van der Waals surface area contributed by atoms with E-state index in [0.717, 1.165) is 31.3 Å². The van der Waals surface area contributed by atoms with E-state index in [9.17, 15) is 0 Å². The van der Waals surface area contributed by atoms with Crippen molar-refractivity contribution in [3.63, 3.8) is 0 Å².